The summed E-state index contributed by atoms with van der Waals surface area (Å²) in [5, 5.41) is 17.0. The lowest BCUT2D eigenvalue weighted by molar-refractivity contribution is -0.383. The molecule has 0 fully saturated rings. The number of nitrogens with two attached hydrogens (primary N) is 1. The minimum absolute atomic E-state index is 0.121. The molecule has 1 aromatic carbocycles. The van der Waals surface area contributed by atoms with E-state index in [-0.39, 0.29) is 11.4 Å². The molecule has 0 bridgehead atoms. The highest BCUT2D eigenvalue weighted by Crippen LogP contribution is 2.24. The Bertz CT molecular complexity index is 482. The number of nitro groups is 1. The molecule has 7 nitrogen and oxygen atoms in total. The predicted octanol–water partition coefficient (Wildman–Crippen LogP) is 1.89. The summed E-state index contributed by atoms with van der Waals surface area (Å²) < 4.78 is 5.20. The number of nitrogens with zero attached hydrogens (tertiary/aromatic N) is 1. The first-order valence-electron chi connectivity index (χ1n) is 6.21. The van der Waals surface area contributed by atoms with Gasteiger partial charge in [-0.15, -0.1) is 0 Å². The Hall–Kier alpha value is -1.93. The maximum atomic E-state index is 10.8. The maximum Gasteiger partial charge on any atom is 0.294 e. The molecule has 0 spiro atoms. The number of anilines is 2. The van der Waals surface area contributed by atoms with Crippen LogP contribution in [0.5, 0.6) is 0 Å². The number of ether oxygens (including phenoxy) is 1. The van der Waals surface area contributed by atoms with Crippen LogP contribution in [0.25, 0.3) is 0 Å². The summed E-state index contributed by atoms with van der Waals surface area (Å²) in [6.07, 6.45) is 0.831. The molecule has 0 aliphatic rings. The number of thiocarbonyl (C=S) groups is 1. The standard InChI is InChI=1S/C12H18N4O3S/c1-2-19-7-3-6-14-12(20)15-9-4-5-10(13)11(8-9)16(17)18/h4-5,8H,2-3,6-7,13H2,1H3,(H2,14,15,20). The summed E-state index contributed by atoms with van der Waals surface area (Å²) >= 11 is 5.09. The van der Waals surface area contributed by atoms with Crippen molar-refractivity contribution in [1.82, 2.24) is 5.32 Å². The molecule has 0 heterocycles. The molecule has 0 aromatic heterocycles. The number of benzene rings is 1. The van der Waals surface area contributed by atoms with Gasteiger partial charge in [0.1, 0.15) is 5.69 Å². The van der Waals surface area contributed by atoms with Crippen LogP contribution in [0, 0.1) is 10.1 Å². The summed E-state index contributed by atoms with van der Waals surface area (Å²) in [5.41, 5.74) is 6.01. The summed E-state index contributed by atoms with van der Waals surface area (Å²) in [6.45, 7) is 3.97. The van der Waals surface area contributed by atoms with Gasteiger partial charge in [-0.3, -0.25) is 10.1 Å². The average Bonchev–Trinajstić information content (AvgIpc) is 2.40. The molecule has 4 N–H and O–H groups in total. The molecule has 0 atom stereocenters. The van der Waals surface area contributed by atoms with Crippen LogP contribution in [-0.4, -0.2) is 29.8 Å². The van der Waals surface area contributed by atoms with Crippen LogP contribution >= 0.6 is 12.2 Å². The van der Waals surface area contributed by atoms with Crippen LogP contribution in [0.2, 0.25) is 0 Å². The lowest BCUT2D eigenvalue weighted by atomic mass is 10.2. The molecule has 1 aromatic rings. The number of hydrogen-bond donors (Lipinski definition) is 3. The van der Waals surface area contributed by atoms with E-state index in [2.05, 4.69) is 10.6 Å². The zero-order valence-corrected chi connectivity index (χ0v) is 12.0. The predicted molar refractivity (Wildman–Crippen MR) is 82.8 cm³/mol. The minimum Gasteiger partial charge on any atom is -0.393 e. The van der Waals surface area contributed by atoms with E-state index in [0.717, 1.165) is 6.42 Å². The lowest BCUT2D eigenvalue weighted by Crippen LogP contribution is -2.29. The van der Waals surface area contributed by atoms with E-state index < -0.39 is 4.92 Å². The van der Waals surface area contributed by atoms with E-state index in [1.54, 1.807) is 6.07 Å². The van der Waals surface area contributed by atoms with Gasteiger partial charge in [0.15, 0.2) is 5.11 Å². The Balaban J connectivity index is 2.46. The SMILES string of the molecule is CCOCCCNC(=S)Nc1ccc(N)c([N+](=O)[O-])c1. The topological polar surface area (TPSA) is 102 Å². The number of rotatable bonds is 7. The fourth-order valence-electron chi connectivity index (χ4n) is 1.48. The largest absolute Gasteiger partial charge is 0.393 e. The summed E-state index contributed by atoms with van der Waals surface area (Å²) in [4.78, 5) is 10.2. The van der Waals surface area contributed by atoms with Gasteiger partial charge < -0.3 is 21.1 Å². The van der Waals surface area contributed by atoms with Crippen LogP contribution in [-0.2, 0) is 4.74 Å². The van der Waals surface area contributed by atoms with Crippen LogP contribution in [0.4, 0.5) is 17.1 Å². The number of hydrogen-bond acceptors (Lipinski definition) is 5. The maximum absolute atomic E-state index is 10.8. The van der Waals surface area contributed by atoms with Crippen molar-refractivity contribution in [2.24, 2.45) is 0 Å². The fourth-order valence-corrected chi connectivity index (χ4v) is 1.70. The van der Waals surface area contributed by atoms with E-state index in [4.69, 9.17) is 22.7 Å². The number of nitrogens with one attached hydrogen (secondary N) is 2. The van der Waals surface area contributed by atoms with Gasteiger partial charge in [-0.25, -0.2) is 0 Å². The lowest BCUT2D eigenvalue weighted by Gasteiger charge is -2.10. The summed E-state index contributed by atoms with van der Waals surface area (Å²) in [6, 6.07) is 4.46. The van der Waals surface area contributed by atoms with Crippen LogP contribution in [0.1, 0.15) is 13.3 Å². The van der Waals surface area contributed by atoms with Gasteiger partial charge in [0.05, 0.1) is 4.92 Å². The molecule has 0 amide bonds. The Labute approximate surface area is 122 Å². The second kappa shape index (κ2) is 8.28. The molecule has 0 unspecified atom stereocenters. The fraction of sp³-hybridized carbons (Fsp3) is 0.417. The van der Waals surface area contributed by atoms with Gasteiger partial charge in [0.25, 0.3) is 5.69 Å². The third-order valence-electron chi connectivity index (χ3n) is 2.44. The van der Waals surface area contributed by atoms with E-state index in [1.165, 1.54) is 12.1 Å². The van der Waals surface area contributed by atoms with Crippen LogP contribution < -0.4 is 16.4 Å². The Morgan fingerprint density at radius 2 is 2.30 bits per heavy atom. The quantitative estimate of drug-likeness (QED) is 0.232. The molecule has 0 radical (unpaired) electrons. The average molecular weight is 298 g/mol. The van der Waals surface area contributed by atoms with E-state index in [1.807, 2.05) is 6.92 Å². The second-order valence-corrected chi connectivity index (χ2v) is 4.37. The first-order valence-corrected chi connectivity index (χ1v) is 6.62. The highest BCUT2D eigenvalue weighted by molar-refractivity contribution is 7.80. The molecule has 0 saturated carbocycles. The molecule has 1 rings (SSSR count). The Morgan fingerprint density at radius 1 is 1.55 bits per heavy atom. The molecular weight excluding hydrogens is 280 g/mol. The molecule has 8 heteroatoms. The normalized spacial score (nSPS) is 10.1. The van der Waals surface area contributed by atoms with Crippen molar-refractivity contribution in [2.75, 3.05) is 30.8 Å². The van der Waals surface area contributed by atoms with Gasteiger partial charge >= 0.3 is 0 Å². The van der Waals surface area contributed by atoms with Crippen molar-refractivity contribution in [3.63, 3.8) is 0 Å². The molecule has 20 heavy (non-hydrogen) atoms. The highest BCUT2D eigenvalue weighted by Gasteiger charge is 2.12. The Morgan fingerprint density at radius 3 is 2.95 bits per heavy atom. The van der Waals surface area contributed by atoms with Crippen molar-refractivity contribution >= 4 is 34.4 Å². The smallest absolute Gasteiger partial charge is 0.294 e. The van der Waals surface area contributed by atoms with Gasteiger partial charge in [0, 0.05) is 31.5 Å². The zero-order chi connectivity index (χ0) is 15.0. The Kier molecular flexibility index (Phi) is 6.68. The number of nitro benzene ring substituents is 1. The first kappa shape index (κ1) is 16.1. The van der Waals surface area contributed by atoms with Crippen LogP contribution in [0.3, 0.4) is 0 Å². The molecule has 110 valence electrons. The highest BCUT2D eigenvalue weighted by atomic mass is 32.1. The van der Waals surface area contributed by atoms with Crippen molar-refractivity contribution in [1.29, 1.82) is 0 Å². The molecular formula is C12H18N4O3S. The van der Waals surface area contributed by atoms with Crippen molar-refractivity contribution < 1.29 is 9.66 Å². The number of nitrogen functional groups attached to an aromatic ring is 1. The van der Waals surface area contributed by atoms with E-state index >= 15 is 0 Å². The summed E-state index contributed by atoms with van der Waals surface area (Å²) in [7, 11) is 0. The van der Waals surface area contributed by atoms with E-state index in [9.17, 15) is 10.1 Å². The molecule has 0 aliphatic carbocycles. The third kappa shape index (κ3) is 5.37. The molecule has 0 aliphatic heterocycles. The van der Waals surface area contributed by atoms with Crippen molar-refractivity contribution in [3.8, 4) is 0 Å². The second-order valence-electron chi connectivity index (χ2n) is 3.96. The first-order chi connectivity index (χ1) is 9.54. The zero-order valence-electron chi connectivity index (χ0n) is 11.2. The summed E-state index contributed by atoms with van der Waals surface area (Å²) in [5.74, 6) is 0. The van der Waals surface area contributed by atoms with Gasteiger partial charge in [-0.1, -0.05) is 0 Å². The van der Waals surface area contributed by atoms with Crippen molar-refractivity contribution in [2.45, 2.75) is 13.3 Å². The van der Waals surface area contributed by atoms with E-state index in [0.29, 0.717) is 30.6 Å². The monoisotopic (exact) mass is 298 g/mol. The van der Waals surface area contributed by atoms with Gasteiger partial charge in [-0.05, 0) is 37.7 Å². The third-order valence-corrected chi connectivity index (χ3v) is 2.69. The van der Waals surface area contributed by atoms with Crippen molar-refractivity contribution in [3.05, 3.63) is 28.3 Å². The van der Waals surface area contributed by atoms with Gasteiger partial charge in [-0.2, -0.15) is 0 Å². The molecule has 0 saturated heterocycles. The minimum atomic E-state index is -0.529. The van der Waals surface area contributed by atoms with Gasteiger partial charge in [0.2, 0.25) is 0 Å². The van der Waals surface area contributed by atoms with Crippen LogP contribution in [0.15, 0.2) is 18.2 Å².